The lowest BCUT2D eigenvalue weighted by Gasteiger charge is -2.20. The number of aromatic nitrogens is 1. The number of thioether (sulfide) groups is 1. The van der Waals surface area contributed by atoms with Crippen molar-refractivity contribution in [2.75, 3.05) is 0 Å². The fourth-order valence-electron chi connectivity index (χ4n) is 2.49. The van der Waals surface area contributed by atoms with Gasteiger partial charge in [0.05, 0.1) is 5.69 Å². The van der Waals surface area contributed by atoms with Crippen LogP contribution in [-0.2, 0) is 12.3 Å². The van der Waals surface area contributed by atoms with E-state index in [0.29, 0.717) is 12.5 Å². The zero-order valence-corrected chi connectivity index (χ0v) is 13.1. The summed E-state index contributed by atoms with van der Waals surface area (Å²) < 4.78 is 0. The van der Waals surface area contributed by atoms with E-state index in [4.69, 9.17) is 10.7 Å². The van der Waals surface area contributed by atoms with Crippen LogP contribution in [0, 0.1) is 0 Å². The first-order valence-electron chi connectivity index (χ1n) is 7.01. The number of hydrogen-bond acceptors (Lipinski definition) is 4. The maximum atomic E-state index is 5.80. The zero-order valence-electron chi connectivity index (χ0n) is 11.4. The van der Waals surface area contributed by atoms with Gasteiger partial charge in [0.1, 0.15) is 5.01 Å². The van der Waals surface area contributed by atoms with E-state index in [0.717, 1.165) is 11.0 Å². The van der Waals surface area contributed by atoms with Crippen LogP contribution in [0.15, 0.2) is 0 Å². The van der Waals surface area contributed by atoms with E-state index >= 15 is 0 Å². The Morgan fingerprint density at radius 3 is 2.61 bits per heavy atom. The molecule has 4 heteroatoms. The first-order valence-corrected chi connectivity index (χ1v) is 8.87. The molecule has 0 spiro atoms. The van der Waals surface area contributed by atoms with Crippen LogP contribution in [-0.4, -0.2) is 10.2 Å². The molecule has 2 N–H and O–H groups in total. The van der Waals surface area contributed by atoms with Crippen LogP contribution < -0.4 is 5.73 Å². The molecule has 1 aromatic heterocycles. The third-order valence-corrected chi connectivity index (χ3v) is 6.16. The summed E-state index contributed by atoms with van der Waals surface area (Å²) >= 11 is 3.92. The molecular formula is C14H24N2S2. The van der Waals surface area contributed by atoms with Crippen molar-refractivity contribution in [3.05, 3.63) is 15.6 Å². The summed E-state index contributed by atoms with van der Waals surface area (Å²) in [6, 6.07) is 0. The van der Waals surface area contributed by atoms with Crippen molar-refractivity contribution in [1.82, 2.24) is 4.98 Å². The van der Waals surface area contributed by atoms with Crippen molar-refractivity contribution in [3.8, 4) is 0 Å². The summed E-state index contributed by atoms with van der Waals surface area (Å²) in [6.45, 7) is 5.04. The lowest BCUT2D eigenvalue weighted by molar-refractivity contribution is 0.516. The molecule has 1 aromatic rings. The molecule has 0 atom stereocenters. The number of rotatable bonds is 5. The lowest BCUT2D eigenvalue weighted by Crippen LogP contribution is -2.08. The molecule has 1 heterocycles. The van der Waals surface area contributed by atoms with E-state index in [1.807, 2.05) is 11.3 Å². The Bertz CT molecular complexity index is 368. The number of thiazole rings is 1. The van der Waals surface area contributed by atoms with Crippen molar-refractivity contribution >= 4 is 23.1 Å². The molecule has 2 rings (SSSR count). The van der Waals surface area contributed by atoms with Gasteiger partial charge >= 0.3 is 0 Å². The molecule has 1 aliphatic rings. The van der Waals surface area contributed by atoms with Gasteiger partial charge in [0, 0.05) is 22.4 Å². The predicted molar refractivity (Wildman–Crippen MR) is 82.3 cm³/mol. The largest absolute Gasteiger partial charge is 0.326 e. The second-order valence-corrected chi connectivity index (χ2v) is 7.80. The Morgan fingerprint density at radius 1 is 1.33 bits per heavy atom. The Kier molecular flexibility index (Phi) is 5.52. The number of hydrogen-bond donors (Lipinski definition) is 1. The summed E-state index contributed by atoms with van der Waals surface area (Å²) in [5, 5.41) is 2.14. The molecule has 1 aliphatic carbocycles. The molecule has 1 fully saturated rings. The molecule has 102 valence electrons. The van der Waals surface area contributed by atoms with E-state index in [9.17, 15) is 0 Å². The van der Waals surface area contributed by atoms with Crippen LogP contribution in [0.25, 0.3) is 0 Å². The van der Waals surface area contributed by atoms with Crippen LogP contribution in [0.4, 0.5) is 0 Å². The Morgan fingerprint density at radius 2 is 2.06 bits per heavy atom. The van der Waals surface area contributed by atoms with Gasteiger partial charge in [-0.25, -0.2) is 4.98 Å². The van der Waals surface area contributed by atoms with Gasteiger partial charge in [-0.15, -0.1) is 11.3 Å². The van der Waals surface area contributed by atoms with Crippen LogP contribution in [0.5, 0.6) is 0 Å². The highest BCUT2D eigenvalue weighted by molar-refractivity contribution is 7.99. The average molecular weight is 284 g/mol. The van der Waals surface area contributed by atoms with Crippen molar-refractivity contribution in [1.29, 1.82) is 0 Å². The minimum atomic E-state index is 0.494. The normalized spacial score (nSPS) is 17.6. The summed E-state index contributed by atoms with van der Waals surface area (Å²) in [7, 11) is 0. The molecule has 1 saturated carbocycles. The molecule has 0 aliphatic heterocycles. The Labute approximate surface area is 119 Å². The fraction of sp³-hybridized carbons (Fsp3) is 0.786. The molecule has 0 amide bonds. The molecule has 0 aromatic carbocycles. The van der Waals surface area contributed by atoms with Crippen molar-refractivity contribution in [2.45, 2.75) is 69.4 Å². The van der Waals surface area contributed by atoms with Gasteiger partial charge in [-0.1, -0.05) is 33.1 Å². The summed E-state index contributed by atoms with van der Waals surface area (Å²) in [6.07, 6.45) is 7.07. The number of nitrogens with zero attached hydrogens (tertiary/aromatic N) is 1. The molecule has 2 nitrogen and oxygen atoms in total. The number of nitrogens with two attached hydrogens (primary N) is 1. The minimum Gasteiger partial charge on any atom is -0.326 e. The van der Waals surface area contributed by atoms with Gasteiger partial charge in [0.25, 0.3) is 0 Å². The Balaban J connectivity index is 1.92. The lowest BCUT2D eigenvalue weighted by atomic mass is 10.0. The maximum Gasteiger partial charge on any atom is 0.103 e. The van der Waals surface area contributed by atoms with E-state index in [1.165, 1.54) is 47.7 Å². The molecular weight excluding hydrogens is 260 g/mol. The monoisotopic (exact) mass is 284 g/mol. The van der Waals surface area contributed by atoms with Crippen molar-refractivity contribution in [3.63, 3.8) is 0 Å². The van der Waals surface area contributed by atoms with Crippen LogP contribution >= 0.6 is 23.1 Å². The quantitative estimate of drug-likeness (QED) is 0.876. The molecule has 0 saturated heterocycles. The highest BCUT2D eigenvalue weighted by Gasteiger charge is 2.17. The second kappa shape index (κ2) is 6.92. The summed E-state index contributed by atoms with van der Waals surface area (Å²) in [4.78, 5) is 6.06. The van der Waals surface area contributed by atoms with Gasteiger partial charge in [-0.2, -0.15) is 11.8 Å². The SMILES string of the molecule is CC(C)c1nc(CSC2CCCCC2)sc1CN. The van der Waals surface area contributed by atoms with Gasteiger partial charge in [-0.3, -0.25) is 0 Å². The van der Waals surface area contributed by atoms with E-state index < -0.39 is 0 Å². The smallest absolute Gasteiger partial charge is 0.103 e. The average Bonchev–Trinajstić information content (AvgIpc) is 2.81. The van der Waals surface area contributed by atoms with Gasteiger partial charge in [0.15, 0.2) is 0 Å². The highest BCUT2D eigenvalue weighted by Crippen LogP contribution is 2.33. The maximum absolute atomic E-state index is 5.80. The Hall–Kier alpha value is -0.0600. The third-order valence-electron chi connectivity index (χ3n) is 3.50. The molecule has 0 unspecified atom stereocenters. The van der Waals surface area contributed by atoms with E-state index in [-0.39, 0.29) is 0 Å². The highest BCUT2D eigenvalue weighted by atomic mass is 32.2. The molecule has 0 bridgehead atoms. The zero-order chi connectivity index (χ0) is 13.0. The fourth-order valence-corrected chi connectivity index (χ4v) is 4.94. The predicted octanol–water partition coefficient (Wildman–Crippen LogP) is 4.29. The first kappa shape index (κ1) is 14.4. The van der Waals surface area contributed by atoms with Crippen LogP contribution in [0.1, 0.15) is 67.4 Å². The van der Waals surface area contributed by atoms with Crippen LogP contribution in [0.2, 0.25) is 0 Å². The van der Waals surface area contributed by atoms with Gasteiger partial charge in [-0.05, 0) is 18.8 Å². The summed E-state index contributed by atoms with van der Waals surface area (Å²) in [5.74, 6) is 1.57. The van der Waals surface area contributed by atoms with Gasteiger partial charge in [0.2, 0.25) is 0 Å². The van der Waals surface area contributed by atoms with E-state index in [2.05, 4.69) is 25.6 Å². The van der Waals surface area contributed by atoms with Crippen molar-refractivity contribution in [2.24, 2.45) is 5.73 Å². The van der Waals surface area contributed by atoms with E-state index in [1.54, 1.807) is 0 Å². The molecule has 0 radical (unpaired) electrons. The third kappa shape index (κ3) is 3.72. The topological polar surface area (TPSA) is 38.9 Å². The molecule has 18 heavy (non-hydrogen) atoms. The second-order valence-electron chi connectivity index (χ2n) is 5.35. The first-order chi connectivity index (χ1) is 8.70. The summed E-state index contributed by atoms with van der Waals surface area (Å²) in [5.41, 5.74) is 7.03. The minimum absolute atomic E-state index is 0.494. The van der Waals surface area contributed by atoms with Gasteiger partial charge < -0.3 is 5.73 Å². The van der Waals surface area contributed by atoms with Crippen LogP contribution in [0.3, 0.4) is 0 Å². The standard InChI is InChI=1S/C14H24N2S2/c1-10(2)14-12(8-15)18-13(16-14)9-17-11-6-4-3-5-7-11/h10-11H,3-9,15H2,1-2H3. The van der Waals surface area contributed by atoms with Crippen molar-refractivity contribution < 1.29 is 0 Å².